The van der Waals surface area contributed by atoms with Crippen molar-refractivity contribution >= 4 is 0 Å². The molecule has 2 rings (SSSR count). The molecule has 112 valence electrons. The highest BCUT2D eigenvalue weighted by molar-refractivity contribution is 5.14. The minimum absolute atomic E-state index is 0.115. The van der Waals surface area contributed by atoms with Gasteiger partial charge < -0.3 is 5.11 Å². The molecule has 1 saturated carbocycles. The van der Waals surface area contributed by atoms with E-state index in [-0.39, 0.29) is 6.10 Å². The minimum Gasteiger partial charge on any atom is -0.393 e. The summed E-state index contributed by atoms with van der Waals surface area (Å²) < 4.78 is 0. The van der Waals surface area contributed by atoms with Crippen molar-refractivity contribution in [3.63, 3.8) is 0 Å². The normalized spacial score (nSPS) is 25.4. The maximum Gasteiger partial charge on any atom is 0.0571 e. The zero-order valence-corrected chi connectivity index (χ0v) is 13.3. The molecular formula is C19H30O. The lowest BCUT2D eigenvalue weighted by Crippen LogP contribution is -2.31. The summed E-state index contributed by atoms with van der Waals surface area (Å²) in [5, 5.41) is 10.4. The first-order chi connectivity index (χ1) is 9.47. The van der Waals surface area contributed by atoms with E-state index in [1.165, 1.54) is 31.2 Å². The van der Waals surface area contributed by atoms with E-state index in [0.29, 0.717) is 11.3 Å². The molecule has 0 radical (unpaired) electrons. The van der Waals surface area contributed by atoms with Crippen LogP contribution in [-0.4, -0.2) is 11.2 Å². The number of aliphatic hydroxyl groups is 1. The first kappa shape index (κ1) is 15.6. The number of benzene rings is 1. The Balaban J connectivity index is 1.76. The highest BCUT2D eigenvalue weighted by Gasteiger charge is 2.32. The lowest BCUT2D eigenvalue weighted by molar-refractivity contribution is 0.0484. The second-order valence-electron chi connectivity index (χ2n) is 7.57. The maximum atomic E-state index is 10.4. The Morgan fingerprint density at radius 2 is 1.65 bits per heavy atom. The molecule has 0 aromatic heterocycles. The smallest absolute Gasteiger partial charge is 0.0571 e. The summed E-state index contributed by atoms with van der Waals surface area (Å²) in [6.45, 7) is 7.05. The van der Waals surface area contributed by atoms with Crippen LogP contribution in [0.1, 0.15) is 58.4 Å². The molecule has 0 aliphatic heterocycles. The van der Waals surface area contributed by atoms with Gasteiger partial charge in [0, 0.05) is 0 Å². The zero-order valence-electron chi connectivity index (χ0n) is 13.3. The molecule has 1 N–H and O–H groups in total. The van der Waals surface area contributed by atoms with E-state index in [2.05, 4.69) is 45.0 Å². The van der Waals surface area contributed by atoms with Gasteiger partial charge in [-0.05, 0) is 61.3 Å². The Bertz CT molecular complexity index is 382. The second-order valence-corrected chi connectivity index (χ2v) is 7.57. The van der Waals surface area contributed by atoms with Crippen LogP contribution in [0.5, 0.6) is 0 Å². The zero-order chi connectivity index (χ0) is 14.6. The van der Waals surface area contributed by atoms with Crippen molar-refractivity contribution in [1.29, 1.82) is 0 Å². The highest BCUT2D eigenvalue weighted by atomic mass is 16.3. The van der Waals surface area contributed by atoms with Gasteiger partial charge in [-0.25, -0.2) is 0 Å². The lowest BCUT2D eigenvalue weighted by Gasteiger charge is -2.38. The van der Waals surface area contributed by atoms with E-state index < -0.39 is 0 Å². The molecule has 0 heterocycles. The highest BCUT2D eigenvalue weighted by Crippen LogP contribution is 2.41. The molecule has 1 atom stereocenters. The summed E-state index contributed by atoms with van der Waals surface area (Å²) in [5.41, 5.74) is 1.77. The van der Waals surface area contributed by atoms with Crippen LogP contribution in [0.3, 0.4) is 0 Å². The molecule has 0 bridgehead atoms. The van der Waals surface area contributed by atoms with Crippen LogP contribution in [-0.2, 0) is 6.42 Å². The predicted molar refractivity (Wildman–Crippen MR) is 85.7 cm³/mol. The predicted octanol–water partition coefficient (Wildman–Crippen LogP) is 4.83. The summed E-state index contributed by atoms with van der Waals surface area (Å²) >= 11 is 0. The van der Waals surface area contributed by atoms with Gasteiger partial charge in [-0.1, -0.05) is 51.1 Å². The van der Waals surface area contributed by atoms with Crippen molar-refractivity contribution < 1.29 is 5.11 Å². The number of aliphatic hydroxyl groups excluding tert-OH is 1. The van der Waals surface area contributed by atoms with Gasteiger partial charge >= 0.3 is 0 Å². The van der Waals surface area contributed by atoms with E-state index >= 15 is 0 Å². The van der Waals surface area contributed by atoms with Crippen molar-refractivity contribution in [2.75, 3.05) is 0 Å². The quantitative estimate of drug-likeness (QED) is 0.833. The SMILES string of the molecule is CC(C)(C)C1CCC(C(O)CCc2ccccc2)CC1. The molecule has 0 spiro atoms. The summed E-state index contributed by atoms with van der Waals surface area (Å²) in [6.07, 6.45) is 6.79. The van der Waals surface area contributed by atoms with Crippen LogP contribution in [0.4, 0.5) is 0 Å². The van der Waals surface area contributed by atoms with E-state index in [0.717, 1.165) is 18.8 Å². The Morgan fingerprint density at radius 3 is 2.20 bits per heavy atom. The third-order valence-corrected chi connectivity index (χ3v) is 5.11. The first-order valence-electron chi connectivity index (χ1n) is 8.19. The Kier molecular flexibility index (Phi) is 5.26. The van der Waals surface area contributed by atoms with E-state index in [1.54, 1.807) is 0 Å². The standard InChI is InChI=1S/C19H30O/c1-19(2,3)17-12-10-16(11-13-17)18(20)14-9-15-7-5-4-6-8-15/h4-8,16-18,20H,9-14H2,1-3H3. The van der Waals surface area contributed by atoms with Crippen LogP contribution in [0.15, 0.2) is 30.3 Å². The molecule has 0 amide bonds. The number of rotatable bonds is 4. The molecule has 1 aromatic carbocycles. The molecule has 1 unspecified atom stereocenters. The largest absolute Gasteiger partial charge is 0.393 e. The summed E-state index contributed by atoms with van der Waals surface area (Å²) in [4.78, 5) is 0. The summed E-state index contributed by atoms with van der Waals surface area (Å²) in [7, 11) is 0. The van der Waals surface area contributed by atoms with Crippen LogP contribution < -0.4 is 0 Å². The van der Waals surface area contributed by atoms with Gasteiger partial charge in [0.1, 0.15) is 0 Å². The van der Waals surface area contributed by atoms with E-state index in [4.69, 9.17) is 0 Å². The molecular weight excluding hydrogens is 244 g/mol. The fourth-order valence-electron chi connectivity index (χ4n) is 3.56. The Morgan fingerprint density at radius 1 is 1.05 bits per heavy atom. The van der Waals surface area contributed by atoms with Gasteiger partial charge in [-0.2, -0.15) is 0 Å². The molecule has 20 heavy (non-hydrogen) atoms. The fourth-order valence-corrected chi connectivity index (χ4v) is 3.56. The average Bonchev–Trinajstić information content (AvgIpc) is 2.45. The molecule has 1 fully saturated rings. The molecule has 1 aliphatic rings. The first-order valence-corrected chi connectivity index (χ1v) is 8.19. The maximum absolute atomic E-state index is 10.4. The van der Waals surface area contributed by atoms with Crippen LogP contribution in [0.25, 0.3) is 0 Å². The second kappa shape index (κ2) is 6.76. The third kappa shape index (κ3) is 4.34. The topological polar surface area (TPSA) is 20.2 Å². The monoisotopic (exact) mass is 274 g/mol. The van der Waals surface area contributed by atoms with Gasteiger partial charge in [0.15, 0.2) is 0 Å². The van der Waals surface area contributed by atoms with Gasteiger partial charge in [0.05, 0.1) is 6.10 Å². The van der Waals surface area contributed by atoms with Crippen molar-refractivity contribution in [2.24, 2.45) is 17.3 Å². The minimum atomic E-state index is -0.115. The molecule has 1 nitrogen and oxygen atoms in total. The summed E-state index contributed by atoms with van der Waals surface area (Å²) in [5.74, 6) is 1.36. The van der Waals surface area contributed by atoms with E-state index in [1.807, 2.05) is 6.07 Å². The summed E-state index contributed by atoms with van der Waals surface area (Å²) in [6, 6.07) is 10.5. The average molecular weight is 274 g/mol. The fraction of sp³-hybridized carbons (Fsp3) is 0.684. The van der Waals surface area contributed by atoms with E-state index in [9.17, 15) is 5.11 Å². The van der Waals surface area contributed by atoms with Gasteiger partial charge in [-0.3, -0.25) is 0 Å². The lowest BCUT2D eigenvalue weighted by atomic mass is 9.68. The third-order valence-electron chi connectivity index (χ3n) is 5.11. The Hall–Kier alpha value is -0.820. The van der Waals surface area contributed by atoms with Crippen molar-refractivity contribution in [3.05, 3.63) is 35.9 Å². The molecule has 0 saturated heterocycles. The van der Waals surface area contributed by atoms with Crippen molar-refractivity contribution in [1.82, 2.24) is 0 Å². The van der Waals surface area contributed by atoms with Crippen LogP contribution >= 0.6 is 0 Å². The molecule has 1 heteroatoms. The van der Waals surface area contributed by atoms with Gasteiger partial charge in [0.2, 0.25) is 0 Å². The number of aryl methyl sites for hydroxylation is 1. The van der Waals surface area contributed by atoms with Gasteiger partial charge in [-0.15, -0.1) is 0 Å². The number of hydrogen-bond donors (Lipinski definition) is 1. The van der Waals surface area contributed by atoms with Crippen LogP contribution in [0, 0.1) is 17.3 Å². The molecule has 1 aliphatic carbocycles. The Labute approximate surface area is 124 Å². The van der Waals surface area contributed by atoms with Crippen molar-refractivity contribution in [2.45, 2.75) is 65.4 Å². The molecule has 1 aromatic rings. The van der Waals surface area contributed by atoms with Crippen LogP contribution in [0.2, 0.25) is 0 Å². The van der Waals surface area contributed by atoms with Crippen molar-refractivity contribution in [3.8, 4) is 0 Å². The number of hydrogen-bond acceptors (Lipinski definition) is 1. The van der Waals surface area contributed by atoms with Gasteiger partial charge in [0.25, 0.3) is 0 Å².